The number of pyridine rings is 1. The van der Waals surface area contributed by atoms with Gasteiger partial charge in [0.25, 0.3) is 0 Å². The summed E-state index contributed by atoms with van der Waals surface area (Å²) in [7, 11) is 0. The van der Waals surface area contributed by atoms with Crippen LogP contribution < -0.4 is 15.5 Å². The van der Waals surface area contributed by atoms with Crippen molar-refractivity contribution in [1.29, 1.82) is 0 Å². The van der Waals surface area contributed by atoms with Gasteiger partial charge in [0.2, 0.25) is 11.8 Å². The fourth-order valence-electron chi connectivity index (χ4n) is 3.99. The Balaban J connectivity index is 1.92. The molecule has 0 aliphatic carbocycles. The molecular formula is C28H34F3N7O4. The number of hydrogen-bond donors (Lipinski definition) is 2. The number of carbonyl (C=O) groups is 1. The number of rotatable bonds is 12. The van der Waals surface area contributed by atoms with Crippen LogP contribution in [0.4, 0.5) is 42.1 Å². The summed E-state index contributed by atoms with van der Waals surface area (Å²) < 4.78 is 45.8. The van der Waals surface area contributed by atoms with E-state index in [1.54, 1.807) is 49.9 Å². The summed E-state index contributed by atoms with van der Waals surface area (Å²) in [5.41, 5.74) is -0.0956. The number of halogens is 3. The number of carbonyl (C=O) groups excluding carboxylic acids is 1. The van der Waals surface area contributed by atoms with Crippen LogP contribution in [0.25, 0.3) is 0 Å². The van der Waals surface area contributed by atoms with Crippen molar-refractivity contribution in [3.05, 3.63) is 70.0 Å². The second-order valence-corrected chi connectivity index (χ2v) is 10.4. The van der Waals surface area contributed by atoms with Crippen molar-refractivity contribution in [3.63, 3.8) is 0 Å². The molecule has 14 heteroatoms. The van der Waals surface area contributed by atoms with E-state index in [9.17, 15) is 28.1 Å². The third-order valence-electron chi connectivity index (χ3n) is 5.93. The average Bonchev–Trinajstić information content (AvgIpc) is 2.90. The Morgan fingerprint density at radius 3 is 2.31 bits per heavy atom. The van der Waals surface area contributed by atoms with Gasteiger partial charge in [-0.05, 0) is 58.4 Å². The number of ether oxygens (including phenoxy) is 1. The Kier molecular flexibility index (Phi) is 10.3. The molecule has 0 amide bonds. The normalized spacial score (nSPS) is 12.4. The molecule has 11 nitrogen and oxygen atoms in total. The minimum atomic E-state index is -4.52. The van der Waals surface area contributed by atoms with Gasteiger partial charge in [-0.2, -0.15) is 18.2 Å². The standard InChI is InChI=1S/C28H34F3N7O4/c1-6-37(7-2)26-33-17-19(16-28(29,30)31)23(36-26)35-21(25(39)42-27(3,4)5)15-18-10-12-20(13-11-18)34-24-22(38(40)41)9-8-14-32-24/h8-14,17,21H,6-7,15-16H2,1-5H3,(H,32,34)(H,33,35,36)/t21-/m0/s1. The summed E-state index contributed by atoms with van der Waals surface area (Å²) in [6, 6.07) is 8.37. The lowest BCUT2D eigenvalue weighted by atomic mass is 10.0. The molecular weight excluding hydrogens is 555 g/mol. The quantitative estimate of drug-likeness (QED) is 0.151. The molecule has 3 aromatic rings. The molecule has 0 fully saturated rings. The first-order valence-electron chi connectivity index (χ1n) is 13.3. The van der Waals surface area contributed by atoms with Crippen molar-refractivity contribution >= 4 is 34.9 Å². The summed E-state index contributed by atoms with van der Waals surface area (Å²) in [6.07, 6.45) is -3.21. The van der Waals surface area contributed by atoms with E-state index < -0.39 is 35.1 Å². The number of nitrogens with zero attached hydrogens (tertiary/aromatic N) is 5. The zero-order valence-electron chi connectivity index (χ0n) is 24.0. The maximum Gasteiger partial charge on any atom is 0.393 e. The van der Waals surface area contributed by atoms with Crippen LogP contribution in [0.3, 0.4) is 0 Å². The molecule has 1 aromatic carbocycles. The number of hydrogen-bond acceptors (Lipinski definition) is 10. The van der Waals surface area contributed by atoms with Crippen molar-refractivity contribution in [2.24, 2.45) is 0 Å². The Labute approximate surface area is 241 Å². The number of nitro groups is 1. The number of alkyl halides is 3. The lowest BCUT2D eigenvalue weighted by Crippen LogP contribution is -2.39. The minimum Gasteiger partial charge on any atom is -0.458 e. The number of aromatic nitrogens is 3. The van der Waals surface area contributed by atoms with Gasteiger partial charge in [0.05, 0.1) is 11.3 Å². The van der Waals surface area contributed by atoms with Crippen LogP contribution >= 0.6 is 0 Å². The fourth-order valence-corrected chi connectivity index (χ4v) is 3.99. The summed E-state index contributed by atoms with van der Waals surface area (Å²) >= 11 is 0. The smallest absolute Gasteiger partial charge is 0.393 e. The highest BCUT2D eigenvalue weighted by Crippen LogP contribution is 2.28. The first kappa shape index (κ1) is 32.0. The van der Waals surface area contributed by atoms with Gasteiger partial charge in [-0.1, -0.05) is 12.1 Å². The van der Waals surface area contributed by atoms with Crippen molar-refractivity contribution in [3.8, 4) is 0 Å². The van der Waals surface area contributed by atoms with E-state index in [-0.39, 0.29) is 35.3 Å². The van der Waals surface area contributed by atoms with Gasteiger partial charge in [-0.15, -0.1) is 0 Å². The highest BCUT2D eigenvalue weighted by Gasteiger charge is 2.32. The fraction of sp³-hybridized carbons (Fsp3) is 0.429. The van der Waals surface area contributed by atoms with Crippen molar-refractivity contribution in [2.75, 3.05) is 28.6 Å². The predicted octanol–water partition coefficient (Wildman–Crippen LogP) is 5.84. The first-order valence-corrected chi connectivity index (χ1v) is 13.3. The maximum atomic E-state index is 13.4. The number of benzene rings is 1. The van der Waals surface area contributed by atoms with Gasteiger partial charge in [-0.25, -0.2) is 14.8 Å². The lowest BCUT2D eigenvalue weighted by molar-refractivity contribution is -0.384. The van der Waals surface area contributed by atoms with E-state index in [0.29, 0.717) is 24.3 Å². The number of nitrogens with one attached hydrogen (secondary N) is 2. The van der Waals surface area contributed by atoms with Gasteiger partial charge in [0, 0.05) is 49.2 Å². The molecule has 0 unspecified atom stereocenters. The van der Waals surface area contributed by atoms with Crippen LogP contribution in [0.5, 0.6) is 0 Å². The zero-order chi connectivity index (χ0) is 31.1. The maximum absolute atomic E-state index is 13.4. The Morgan fingerprint density at radius 2 is 1.74 bits per heavy atom. The van der Waals surface area contributed by atoms with Crippen LogP contribution in [-0.2, 0) is 22.4 Å². The highest BCUT2D eigenvalue weighted by molar-refractivity contribution is 5.80. The van der Waals surface area contributed by atoms with Crippen molar-refractivity contribution < 1.29 is 27.6 Å². The Bertz CT molecular complexity index is 1380. The van der Waals surface area contributed by atoms with Gasteiger partial charge in [0.15, 0.2) is 0 Å². The Hall–Kier alpha value is -4.49. The number of anilines is 4. The average molecular weight is 590 g/mol. The monoisotopic (exact) mass is 589 g/mol. The molecule has 2 heterocycles. The van der Waals surface area contributed by atoms with Crippen LogP contribution in [0, 0.1) is 10.1 Å². The molecule has 1 atom stereocenters. The molecule has 0 radical (unpaired) electrons. The van der Waals surface area contributed by atoms with E-state index in [4.69, 9.17) is 4.74 Å². The molecule has 0 bridgehead atoms. The molecule has 226 valence electrons. The lowest BCUT2D eigenvalue weighted by Gasteiger charge is -2.26. The summed E-state index contributed by atoms with van der Waals surface area (Å²) in [5.74, 6) is -0.487. The molecule has 2 N–H and O–H groups in total. The zero-order valence-corrected chi connectivity index (χ0v) is 24.0. The molecule has 0 spiro atoms. The van der Waals surface area contributed by atoms with Crippen LogP contribution in [0.15, 0.2) is 48.8 Å². The summed E-state index contributed by atoms with van der Waals surface area (Å²) in [6.45, 7) is 9.89. The molecule has 0 saturated heterocycles. The first-order chi connectivity index (χ1) is 19.7. The van der Waals surface area contributed by atoms with E-state index in [1.165, 1.54) is 18.3 Å². The molecule has 0 saturated carbocycles. The Morgan fingerprint density at radius 1 is 1.07 bits per heavy atom. The summed E-state index contributed by atoms with van der Waals surface area (Å²) in [4.78, 5) is 38.3. The third kappa shape index (κ3) is 9.28. The summed E-state index contributed by atoms with van der Waals surface area (Å²) in [5, 5.41) is 17.1. The van der Waals surface area contributed by atoms with Crippen molar-refractivity contribution in [1.82, 2.24) is 15.0 Å². The van der Waals surface area contributed by atoms with E-state index in [0.717, 1.165) is 6.20 Å². The van der Waals surface area contributed by atoms with Crippen LogP contribution in [-0.4, -0.2) is 56.8 Å². The third-order valence-corrected chi connectivity index (χ3v) is 5.93. The van der Waals surface area contributed by atoms with E-state index >= 15 is 0 Å². The van der Waals surface area contributed by atoms with E-state index in [1.807, 2.05) is 13.8 Å². The number of esters is 1. The molecule has 2 aromatic heterocycles. The largest absolute Gasteiger partial charge is 0.458 e. The second-order valence-electron chi connectivity index (χ2n) is 10.4. The van der Waals surface area contributed by atoms with Gasteiger partial charge < -0.3 is 20.3 Å². The second kappa shape index (κ2) is 13.4. The van der Waals surface area contributed by atoms with Crippen molar-refractivity contribution in [2.45, 2.75) is 65.3 Å². The van der Waals surface area contributed by atoms with Gasteiger partial charge in [-0.3, -0.25) is 10.1 Å². The molecule has 3 rings (SSSR count). The molecule has 0 aliphatic rings. The van der Waals surface area contributed by atoms with Crippen LogP contribution in [0.2, 0.25) is 0 Å². The highest BCUT2D eigenvalue weighted by atomic mass is 19.4. The predicted molar refractivity (Wildman–Crippen MR) is 153 cm³/mol. The molecule has 42 heavy (non-hydrogen) atoms. The topological polar surface area (TPSA) is 135 Å². The van der Waals surface area contributed by atoms with Crippen LogP contribution in [0.1, 0.15) is 45.7 Å². The van der Waals surface area contributed by atoms with Gasteiger partial charge in [0.1, 0.15) is 17.5 Å². The SMILES string of the molecule is CCN(CC)c1ncc(CC(F)(F)F)c(N[C@@H](Cc2ccc(Nc3ncccc3[N+](=O)[O-])cc2)C(=O)OC(C)(C)C)n1. The molecule has 0 aliphatic heterocycles. The minimum absolute atomic E-state index is 0.0506. The van der Waals surface area contributed by atoms with E-state index in [2.05, 4.69) is 25.6 Å². The van der Waals surface area contributed by atoms with Gasteiger partial charge >= 0.3 is 17.8 Å².